The van der Waals surface area contributed by atoms with Crippen molar-refractivity contribution in [2.45, 2.75) is 39.2 Å². The molecule has 1 aliphatic rings. The zero-order chi connectivity index (χ0) is 21.9. The molecule has 1 amide bonds. The molecule has 1 aliphatic heterocycles. The van der Waals surface area contributed by atoms with E-state index in [4.69, 9.17) is 14.5 Å². The molecule has 0 radical (unpaired) electrons. The normalized spacial score (nSPS) is 14.9. The lowest BCUT2D eigenvalue weighted by atomic mass is 9.93. The van der Waals surface area contributed by atoms with Crippen molar-refractivity contribution in [2.24, 2.45) is 10.9 Å². The van der Waals surface area contributed by atoms with Crippen LogP contribution in [0, 0.1) is 5.92 Å². The van der Waals surface area contributed by atoms with Crippen molar-refractivity contribution in [3.63, 3.8) is 0 Å². The second-order valence-electron chi connectivity index (χ2n) is 7.46. The highest BCUT2D eigenvalue weighted by atomic mass is 16.5. The Kier molecular flexibility index (Phi) is 9.51. The Bertz CT molecular complexity index is 740. The van der Waals surface area contributed by atoms with E-state index in [1.807, 2.05) is 12.1 Å². The molecule has 1 aromatic carbocycles. The Morgan fingerprint density at radius 2 is 2.03 bits per heavy atom. The summed E-state index contributed by atoms with van der Waals surface area (Å²) in [6, 6.07) is 4.08. The van der Waals surface area contributed by atoms with Gasteiger partial charge in [0.2, 0.25) is 5.91 Å². The average Bonchev–Trinajstić information content (AvgIpc) is 2.77. The molecule has 2 N–H and O–H groups in total. The Balaban J connectivity index is 2.12. The van der Waals surface area contributed by atoms with Crippen LogP contribution in [0.1, 0.15) is 37.3 Å². The minimum atomic E-state index is 0.123. The van der Waals surface area contributed by atoms with Crippen LogP contribution in [0.3, 0.4) is 0 Å². The van der Waals surface area contributed by atoms with E-state index in [0.717, 1.165) is 55.3 Å². The van der Waals surface area contributed by atoms with Gasteiger partial charge < -0.3 is 25.0 Å². The van der Waals surface area contributed by atoms with E-state index in [-0.39, 0.29) is 5.91 Å². The van der Waals surface area contributed by atoms with E-state index < -0.39 is 0 Å². The van der Waals surface area contributed by atoms with Gasteiger partial charge in [0.15, 0.2) is 17.5 Å². The van der Waals surface area contributed by atoms with Crippen LogP contribution in [0.2, 0.25) is 0 Å². The predicted octanol–water partition coefficient (Wildman–Crippen LogP) is 2.75. The first-order valence-corrected chi connectivity index (χ1v) is 10.6. The number of carbonyl (C=O) groups excluding carboxylic acids is 1. The minimum Gasteiger partial charge on any atom is -0.493 e. The molecule has 1 saturated heterocycles. The van der Waals surface area contributed by atoms with Crippen molar-refractivity contribution < 1.29 is 14.3 Å². The van der Waals surface area contributed by atoms with Gasteiger partial charge >= 0.3 is 0 Å². The third kappa shape index (κ3) is 6.40. The van der Waals surface area contributed by atoms with Crippen LogP contribution in [0.15, 0.2) is 29.8 Å². The Hall–Kier alpha value is -2.70. The van der Waals surface area contributed by atoms with Crippen LogP contribution < -0.4 is 20.1 Å². The zero-order valence-electron chi connectivity index (χ0n) is 18.8. The lowest BCUT2D eigenvalue weighted by Crippen LogP contribution is -2.46. The smallest absolute Gasteiger partial charge is 0.220 e. The predicted molar refractivity (Wildman–Crippen MR) is 121 cm³/mol. The number of likely N-dealkylation sites (tertiary alicyclic amines) is 1. The van der Waals surface area contributed by atoms with Crippen molar-refractivity contribution in [2.75, 3.05) is 40.9 Å². The molecule has 0 saturated carbocycles. The second kappa shape index (κ2) is 12.1. The first-order valence-electron chi connectivity index (χ1n) is 10.6. The maximum atomic E-state index is 11.6. The lowest BCUT2D eigenvalue weighted by molar-refractivity contribution is -0.121. The van der Waals surface area contributed by atoms with Gasteiger partial charge in [-0.1, -0.05) is 6.08 Å². The first-order chi connectivity index (χ1) is 14.6. The summed E-state index contributed by atoms with van der Waals surface area (Å²) < 4.78 is 11.0. The van der Waals surface area contributed by atoms with Crippen molar-refractivity contribution in [1.82, 2.24) is 15.5 Å². The van der Waals surface area contributed by atoms with Crippen LogP contribution in [-0.4, -0.2) is 57.7 Å². The molecule has 1 heterocycles. The number of piperidine rings is 1. The van der Waals surface area contributed by atoms with Crippen molar-refractivity contribution in [3.8, 4) is 11.5 Å². The minimum absolute atomic E-state index is 0.123. The number of nitrogens with one attached hydrogen (secondary N) is 2. The van der Waals surface area contributed by atoms with Crippen LogP contribution in [-0.2, 0) is 17.8 Å². The molecular weight excluding hydrogens is 380 g/mol. The number of aliphatic imine (C=N–C) groups is 1. The van der Waals surface area contributed by atoms with Crippen LogP contribution in [0.4, 0.5) is 0 Å². The van der Waals surface area contributed by atoms with Crippen molar-refractivity contribution in [3.05, 3.63) is 35.9 Å². The summed E-state index contributed by atoms with van der Waals surface area (Å²) in [5.74, 6) is 2.93. The molecule has 7 heteroatoms. The number of amides is 1. The molecule has 0 aliphatic carbocycles. The Morgan fingerprint density at radius 1 is 1.30 bits per heavy atom. The Labute approximate surface area is 180 Å². The van der Waals surface area contributed by atoms with Gasteiger partial charge in [-0.25, -0.2) is 4.99 Å². The van der Waals surface area contributed by atoms with Gasteiger partial charge in [-0.3, -0.25) is 4.79 Å². The Morgan fingerprint density at radius 3 is 2.60 bits per heavy atom. The third-order valence-corrected chi connectivity index (χ3v) is 5.39. The molecular formula is C23H36N4O3. The molecule has 1 aromatic rings. The van der Waals surface area contributed by atoms with Gasteiger partial charge in [0, 0.05) is 38.7 Å². The summed E-state index contributed by atoms with van der Waals surface area (Å²) in [6.45, 7) is 9.08. The van der Waals surface area contributed by atoms with E-state index in [2.05, 4.69) is 35.1 Å². The van der Waals surface area contributed by atoms with Crippen LogP contribution in [0.25, 0.3) is 0 Å². The largest absolute Gasteiger partial charge is 0.493 e. The fraction of sp³-hybridized carbons (Fsp3) is 0.565. The van der Waals surface area contributed by atoms with Crippen molar-refractivity contribution >= 4 is 11.9 Å². The van der Waals surface area contributed by atoms with Crippen molar-refractivity contribution in [1.29, 1.82) is 0 Å². The molecule has 30 heavy (non-hydrogen) atoms. The molecule has 0 aromatic heterocycles. The van der Waals surface area contributed by atoms with E-state index in [0.29, 0.717) is 31.1 Å². The molecule has 7 nitrogen and oxygen atoms in total. The quantitative estimate of drug-likeness (QED) is 0.368. The number of allylic oxidation sites excluding steroid dienone is 1. The lowest BCUT2D eigenvalue weighted by Gasteiger charge is -2.34. The molecule has 0 spiro atoms. The van der Waals surface area contributed by atoms with Crippen LogP contribution >= 0.6 is 0 Å². The first kappa shape index (κ1) is 23.6. The topological polar surface area (TPSA) is 75.2 Å². The van der Waals surface area contributed by atoms with Gasteiger partial charge in [-0.2, -0.15) is 0 Å². The molecule has 0 bridgehead atoms. The van der Waals surface area contributed by atoms with Crippen LogP contribution in [0.5, 0.6) is 11.5 Å². The number of hydrogen-bond donors (Lipinski definition) is 2. The maximum absolute atomic E-state index is 11.6. The van der Waals surface area contributed by atoms with Gasteiger partial charge in [-0.15, -0.1) is 6.58 Å². The standard InChI is InChI=1S/C23H36N4O3/c1-6-8-19-13-18(14-20(29-4)22(19)30-5)16-26-23(25-7-2)27-11-9-17(10-12-27)15-21(28)24-3/h6,13-14,17H,1,7-12,15-16H2,2-5H3,(H,24,28)(H,25,26). The number of ether oxygens (including phenoxy) is 2. The zero-order valence-corrected chi connectivity index (χ0v) is 18.8. The number of nitrogens with zero attached hydrogens (tertiary/aromatic N) is 2. The summed E-state index contributed by atoms with van der Waals surface area (Å²) in [5.41, 5.74) is 2.10. The monoisotopic (exact) mass is 416 g/mol. The molecule has 1 fully saturated rings. The van der Waals surface area contributed by atoms with Gasteiger partial charge in [0.05, 0.1) is 20.8 Å². The van der Waals surface area contributed by atoms with E-state index in [9.17, 15) is 4.79 Å². The number of methoxy groups -OCH3 is 2. The fourth-order valence-electron chi connectivity index (χ4n) is 3.81. The highest BCUT2D eigenvalue weighted by Crippen LogP contribution is 2.33. The SMILES string of the molecule is C=CCc1cc(CN=C(NCC)N2CCC(CC(=O)NC)CC2)cc(OC)c1OC. The molecule has 2 rings (SSSR count). The summed E-state index contributed by atoms with van der Waals surface area (Å²) >= 11 is 0. The second-order valence-corrected chi connectivity index (χ2v) is 7.46. The van der Waals surface area contributed by atoms with E-state index in [1.165, 1.54) is 0 Å². The number of benzene rings is 1. The summed E-state index contributed by atoms with van der Waals surface area (Å²) in [4.78, 5) is 18.8. The molecule has 0 atom stereocenters. The van der Waals surface area contributed by atoms with E-state index in [1.54, 1.807) is 21.3 Å². The molecule has 166 valence electrons. The highest BCUT2D eigenvalue weighted by molar-refractivity contribution is 5.80. The number of hydrogen-bond acceptors (Lipinski definition) is 4. The number of rotatable bonds is 9. The fourth-order valence-corrected chi connectivity index (χ4v) is 3.81. The maximum Gasteiger partial charge on any atom is 0.220 e. The summed E-state index contributed by atoms with van der Waals surface area (Å²) in [5, 5.41) is 6.13. The average molecular weight is 417 g/mol. The van der Waals surface area contributed by atoms with Gasteiger partial charge in [-0.05, 0) is 49.8 Å². The van der Waals surface area contributed by atoms with Gasteiger partial charge in [0.25, 0.3) is 0 Å². The third-order valence-electron chi connectivity index (χ3n) is 5.39. The number of guanidine groups is 1. The summed E-state index contributed by atoms with van der Waals surface area (Å²) in [7, 11) is 5.00. The van der Waals surface area contributed by atoms with E-state index >= 15 is 0 Å². The summed E-state index contributed by atoms with van der Waals surface area (Å²) in [6.07, 6.45) is 5.17. The van der Waals surface area contributed by atoms with Gasteiger partial charge in [0.1, 0.15) is 0 Å². The molecule has 0 unspecified atom stereocenters. The number of carbonyl (C=O) groups is 1. The highest BCUT2D eigenvalue weighted by Gasteiger charge is 2.23.